The van der Waals surface area contributed by atoms with E-state index in [1.54, 1.807) is 12.1 Å². The van der Waals surface area contributed by atoms with Crippen molar-refractivity contribution in [2.45, 2.75) is 16.7 Å². The van der Waals surface area contributed by atoms with E-state index in [0.717, 1.165) is 7.55 Å². The molecular formula is C19H12BCl2N4O8S2. The second-order valence-electron chi connectivity index (χ2n) is 7.26. The first-order chi connectivity index (χ1) is 17.7. The summed E-state index contributed by atoms with van der Waals surface area (Å²) in [5.74, 6) is -0.0533. The molecule has 1 radical (unpaired) electrons. The summed E-state index contributed by atoms with van der Waals surface area (Å²) in [6, 6.07) is 6.13. The zero-order valence-electron chi connectivity index (χ0n) is 18.7. The zero-order valence-corrected chi connectivity index (χ0v) is 20.8. The summed E-state index contributed by atoms with van der Waals surface area (Å²) in [5, 5.41) is 15.5. The van der Waals surface area contributed by atoms with Crippen LogP contribution in [0.1, 0.15) is 5.56 Å². The summed E-state index contributed by atoms with van der Waals surface area (Å²) in [6.07, 6.45) is 0. The number of aromatic nitrogens is 1. The predicted molar refractivity (Wildman–Crippen MR) is 131 cm³/mol. The third kappa shape index (κ3) is 4.08. The molecule has 0 unspecified atom stereocenters. The highest BCUT2D eigenvalue weighted by Crippen LogP contribution is 2.54. The molecule has 0 fully saturated rings. The summed E-state index contributed by atoms with van der Waals surface area (Å²) in [6.45, 7) is 1.50. The van der Waals surface area contributed by atoms with E-state index in [1.807, 2.05) is 5.64 Å². The van der Waals surface area contributed by atoms with Gasteiger partial charge >= 0.3 is 7.55 Å². The van der Waals surface area contributed by atoms with Crippen molar-refractivity contribution in [1.29, 1.82) is 0 Å². The molecule has 36 heavy (non-hydrogen) atoms. The number of nitrogens with zero attached hydrogens (tertiary/aromatic N) is 2. The molecule has 0 atom stereocenters. The molecule has 5 N–H and O–H groups in total. The molecule has 12 nitrogen and oxygen atoms in total. The lowest BCUT2D eigenvalue weighted by Crippen LogP contribution is -2.14. The molecule has 0 bridgehead atoms. The number of anilines is 2. The molecule has 185 valence electrons. The lowest BCUT2D eigenvalue weighted by Gasteiger charge is -2.26. The summed E-state index contributed by atoms with van der Waals surface area (Å²) in [4.78, 5) is 8.39. The first-order valence-electron chi connectivity index (χ1n) is 10.2. The quantitative estimate of drug-likeness (QED) is 0.0561. The Balaban J connectivity index is 1.77. The second kappa shape index (κ2) is 9.37. The number of hydrogen-bond donors (Lipinski definition) is 4. The zero-order chi connectivity index (χ0) is 26.5. The molecule has 0 spiro atoms. The molecule has 0 aromatic heterocycles. The van der Waals surface area contributed by atoms with Crippen LogP contribution in [0, 0.1) is 6.92 Å². The smallest absolute Gasteiger partial charge is 0.368 e. The highest BCUT2D eigenvalue weighted by atomic mass is 35.5. The van der Waals surface area contributed by atoms with Crippen LogP contribution in [0.15, 0.2) is 43.4 Å². The number of rotatable bonds is 6. The van der Waals surface area contributed by atoms with E-state index >= 15 is 0 Å². The van der Waals surface area contributed by atoms with Gasteiger partial charge in [0.25, 0.3) is 10.1 Å². The molecule has 0 amide bonds. The minimum absolute atomic E-state index is 0.000404. The number of benzene rings is 3. The second-order valence-corrected chi connectivity index (χ2v) is 10.1. The van der Waals surface area contributed by atoms with Gasteiger partial charge < -0.3 is 25.0 Å². The van der Waals surface area contributed by atoms with E-state index in [4.69, 9.17) is 39.0 Å². The van der Waals surface area contributed by atoms with Crippen LogP contribution in [0.4, 0.5) is 11.4 Å². The van der Waals surface area contributed by atoms with E-state index in [2.05, 4.69) is 24.6 Å². The van der Waals surface area contributed by atoms with Gasteiger partial charge in [0.1, 0.15) is 38.1 Å². The number of halogens is 2. The number of aryl methyl sites for hydroxylation is 1. The monoisotopic (exact) mass is 571 g/mol. The number of nitrogens with two attached hydrogens (primary N) is 1. The fraction of sp³-hybridized carbons (Fsp3) is 0.0526. The molecule has 0 saturated heterocycles. The molecule has 2 aliphatic heterocycles. The lowest BCUT2D eigenvalue weighted by molar-refractivity contribution is -0.432. The number of hydrogen-bond acceptors (Lipinski definition) is 12. The standard InChI is InChI=1S/C19H12BCl2N4O8S2/c1-6-2-3-8-15(19(6)36(28,29)30)32-17-11(22)12-16(10(21)13(17)25-8)31-14-7(24-12)4-5-9(26-20-23)18(14)35-34-33-27/h2-5,25,27H,23H2,1H3,(H,28,29,30)/i23T. The lowest BCUT2D eigenvalue weighted by atomic mass is 10.1. The third-order valence-electron chi connectivity index (χ3n) is 5.16. The van der Waals surface area contributed by atoms with Crippen molar-refractivity contribution in [3.8, 4) is 23.0 Å². The van der Waals surface area contributed by atoms with Crippen LogP contribution < -0.4 is 21.0 Å². The fourth-order valence-corrected chi connectivity index (χ4v) is 5.61. The van der Waals surface area contributed by atoms with Gasteiger partial charge in [0.15, 0.2) is 22.8 Å². The van der Waals surface area contributed by atoms with Gasteiger partial charge in [-0.3, -0.25) is 4.55 Å². The molecule has 2 aromatic carbocycles. The van der Waals surface area contributed by atoms with E-state index < -0.39 is 15.0 Å². The maximum atomic E-state index is 12.0. The van der Waals surface area contributed by atoms with E-state index in [0.29, 0.717) is 12.0 Å². The van der Waals surface area contributed by atoms with Crippen molar-refractivity contribution in [1.82, 2.24) is 4.98 Å². The number of nitrogens with one attached hydrogen (secondary N) is 1. The molecular weight excluding hydrogens is 558 g/mol. The average molecular weight is 572 g/mol. The van der Waals surface area contributed by atoms with Gasteiger partial charge in [-0.15, -0.1) is 4.33 Å². The Kier molecular flexibility index (Phi) is 6.19. The Hall–Kier alpha value is -2.60. The normalized spacial score (nSPS) is 13.7. The Morgan fingerprint density at radius 2 is 2.08 bits per heavy atom. The predicted octanol–water partition coefficient (Wildman–Crippen LogP) is 4.47. The first kappa shape index (κ1) is 23.8. The fourth-order valence-electron chi connectivity index (χ4n) is 3.70. The first-order valence-corrected chi connectivity index (χ1v) is 12.6. The Morgan fingerprint density at radius 1 is 1.28 bits per heavy atom. The van der Waals surface area contributed by atoms with Gasteiger partial charge in [-0.25, -0.2) is 10.2 Å². The van der Waals surface area contributed by atoms with Crippen molar-refractivity contribution < 1.29 is 38.2 Å². The number of ether oxygens (including phenoxy) is 1. The SMILES string of the molecule is [3H]N[B]N=c1ccc2nc3c(Cl)c4c(c(Cl)c3oc-2c1SOOO)Nc1ccc(C)c(S(=O)(=O)O)c1O4. The Labute approximate surface area is 218 Å². The topological polar surface area (TPSA) is 179 Å². The van der Waals surface area contributed by atoms with Crippen molar-refractivity contribution in [2.75, 3.05) is 5.32 Å². The minimum Gasteiger partial charge on any atom is -0.450 e. The van der Waals surface area contributed by atoms with Gasteiger partial charge in [0, 0.05) is 0 Å². The van der Waals surface area contributed by atoms with E-state index in [9.17, 15) is 13.0 Å². The van der Waals surface area contributed by atoms with Crippen molar-refractivity contribution in [2.24, 2.45) is 10.5 Å². The van der Waals surface area contributed by atoms with Crippen LogP contribution in [0.3, 0.4) is 0 Å². The summed E-state index contributed by atoms with van der Waals surface area (Å²) < 4.78 is 57.4. The van der Waals surface area contributed by atoms with Gasteiger partial charge in [-0.1, -0.05) is 34.3 Å². The highest BCUT2D eigenvalue weighted by Gasteiger charge is 2.33. The molecule has 17 heteroatoms. The van der Waals surface area contributed by atoms with Gasteiger partial charge in [0.2, 0.25) is 0 Å². The van der Waals surface area contributed by atoms with Crippen LogP contribution in [0.25, 0.3) is 22.6 Å². The maximum Gasteiger partial charge on any atom is 0.368 e. The molecule has 1 aliphatic carbocycles. The van der Waals surface area contributed by atoms with Crippen molar-refractivity contribution >= 4 is 75.4 Å². The minimum atomic E-state index is -4.64. The van der Waals surface area contributed by atoms with E-state index in [1.165, 1.54) is 19.1 Å². The third-order valence-corrected chi connectivity index (χ3v) is 7.58. The summed E-state index contributed by atoms with van der Waals surface area (Å²) in [5.41, 5.74) is 3.04. The van der Waals surface area contributed by atoms with Crippen molar-refractivity contribution in [3.63, 3.8) is 0 Å². The van der Waals surface area contributed by atoms with Crippen molar-refractivity contribution in [3.05, 3.63) is 45.2 Å². The van der Waals surface area contributed by atoms with Crippen LogP contribution in [0.5, 0.6) is 11.5 Å². The largest absolute Gasteiger partial charge is 0.450 e. The van der Waals surface area contributed by atoms with Crippen LogP contribution in [-0.4, -0.2) is 30.8 Å². The molecule has 0 saturated carbocycles. The summed E-state index contributed by atoms with van der Waals surface area (Å²) in [7, 11) is -3.54. The summed E-state index contributed by atoms with van der Waals surface area (Å²) >= 11 is 13.9. The molecule has 2 heterocycles. The van der Waals surface area contributed by atoms with Crippen LogP contribution in [-0.2, 0) is 19.5 Å². The molecule has 5 rings (SSSR count). The number of fused-ring (bicyclic) bond motifs is 4. The molecule has 2 aromatic rings. The Morgan fingerprint density at radius 3 is 2.81 bits per heavy atom. The van der Waals surface area contributed by atoms with Gasteiger partial charge in [-0.2, -0.15) is 8.42 Å². The van der Waals surface area contributed by atoms with Gasteiger partial charge in [-0.05, 0) is 30.7 Å². The maximum absolute atomic E-state index is 12.0. The average Bonchev–Trinajstić information content (AvgIpc) is 2.87. The van der Waals surface area contributed by atoms with Gasteiger partial charge in [0.05, 0.1) is 23.1 Å². The van der Waals surface area contributed by atoms with Crippen LogP contribution in [0.2, 0.25) is 11.5 Å². The van der Waals surface area contributed by atoms with Crippen LogP contribution >= 0.6 is 35.2 Å². The molecule has 3 aliphatic rings. The Bertz CT molecular complexity index is 1720. The van der Waals surface area contributed by atoms with E-state index in [-0.39, 0.29) is 71.3 Å². The highest BCUT2D eigenvalue weighted by molar-refractivity contribution is 7.94.